The van der Waals surface area contributed by atoms with Crippen LogP contribution in [-0.2, 0) is 0 Å². The van der Waals surface area contributed by atoms with Crippen LogP contribution in [0.15, 0.2) is 75.9 Å². The number of furan rings is 1. The van der Waals surface area contributed by atoms with Gasteiger partial charge in [0.05, 0.1) is 18.9 Å². The minimum atomic E-state index is -0.578. The summed E-state index contributed by atoms with van der Waals surface area (Å²) in [6.45, 7) is 0. The first-order valence-corrected chi connectivity index (χ1v) is 9.61. The zero-order chi connectivity index (χ0) is 20.9. The summed E-state index contributed by atoms with van der Waals surface area (Å²) in [7, 11) is 1.61. The average molecular weight is 421 g/mol. The number of methoxy groups -OCH3 is 1. The lowest BCUT2D eigenvalue weighted by atomic mass is 10.2. The standard InChI is InChI=1S/C20H15N5O4S/c1-28-16-4-2-15(3-5-16)24-19(14-8-11-21-12-9-14)22-23-20(24)30-13-10-17-6-7-18(29-17)25(26)27/h2-13H,1H3/b13-10+. The van der Waals surface area contributed by atoms with E-state index in [0.29, 0.717) is 16.7 Å². The fraction of sp³-hybridized carbons (Fsp3) is 0.0500. The number of hydrogen-bond acceptors (Lipinski definition) is 8. The molecule has 0 saturated carbocycles. The Morgan fingerprint density at radius 2 is 1.87 bits per heavy atom. The van der Waals surface area contributed by atoms with Crippen molar-refractivity contribution >= 4 is 23.7 Å². The Hall–Kier alpha value is -3.92. The molecule has 1 aromatic carbocycles. The van der Waals surface area contributed by atoms with Crippen molar-refractivity contribution in [2.24, 2.45) is 0 Å². The van der Waals surface area contributed by atoms with Crippen LogP contribution in [0.25, 0.3) is 23.2 Å². The molecular weight excluding hydrogens is 406 g/mol. The highest BCUT2D eigenvalue weighted by Gasteiger charge is 2.16. The van der Waals surface area contributed by atoms with Crippen LogP contribution in [0.1, 0.15) is 5.76 Å². The van der Waals surface area contributed by atoms with Gasteiger partial charge in [0, 0.05) is 18.0 Å². The summed E-state index contributed by atoms with van der Waals surface area (Å²) in [4.78, 5) is 14.2. The Kier molecular flexibility index (Phi) is 5.57. The molecule has 0 bridgehead atoms. The number of benzene rings is 1. The van der Waals surface area contributed by atoms with Crippen molar-refractivity contribution < 1.29 is 14.1 Å². The highest BCUT2D eigenvalue weighted by Crippen LogP contribution is 2.29. The van der Waals surface area contributed by atoms with Crippen molar-refractivity contribution in [2.45, 2.75) is 5.16 Å². The maximum atomic E-state index is 10.7. The lowest BCUT2D eigenvalue weighted by molar-refractivity contribution is -0.402. The maximum absolute atomic E-state index is 10.7. The van der Waals surface area contributed by atoms with E-state index in [1.54, 1.807) is 31.0 Å². The number of pyridine rings is 1. The predicted octanol–water partition coefficient (Wildman–Crippen LogP) is 4.60. The molecule has 9 nitrogen and oxygen atoms in total. The van der Waals surface area contributed by atoms with Crippen LogP contribution in [-0.4, -0.2) is 31.8 Å². The zero-order valence-electron chi connectivity index (χ0n) is 15.7. The molecule has 0 radical (unpaired) electrons. The molecular formula is C20H15N5O4S. The first kappa shape index (κ1) is 19.4. The van der Waals surface area contributed by atoms with E-state index < -0.39 is 4.92 Å². The van der Waals surface area contributed by atoms with Crippen molar-refractivity contribution in [2.75, 3.05) is 7.11 Å². The minimum Gasteiger partial charge on any atom is -0.497 e. The van der Waals surface area contributed by atoms with Gasteiger partial charge in [-0.25, -0.2) is 0 Å². The lowest BCUT2D eigenvalue weighted by Gasteiger charge is -2.10. The van der Waals surface area contributed by atoms with Gasteiger partial charge in [0.15, 0.2) is 11.0 Å². The number of hydrogen-bond donors (Lipinski definition) is 0. The van der Waals surface area contributed by atoms with Crippen molar-refractivity contribution in [3.05, 3.63) is 82.2 Å². The summed E-state index contributed by atoms with van der Waals surface area (Å²) >= 11 is 1.31. The molecule has 30 heavy (non-hydrogen) atoms. The molecule has 0 saturated heterocycles. The van der Waals surface area contributed by atoms with Gasteiger partial charge < -0.3 is 9.15 Å². The molecule has 0 aliphatic heterocycles. The zero-order valence-corrected chi connectivity index (χ0v) is 16.5. The minimum absolute atomic E-state index is 0.305. The highest BCUT2D eigenvalue weighted by atomic mass is 32.2. The van der Waals surface area contributed by atoms with Gasteiger partial charge in [0.1, 0.15) is 16.4 Å². The SMILES string of the molecule is COc1ccc(-n2c(S/C=C/c3ccc([N+](=O)[O-])o3)nnc2-c2ccncc2)cc1. The third-order valence-corrected chi connectivity index (χ3v) is 4.85. The fourth-order valence-corrected chi connectivity index (χ4v) is 3.40. The summed E-state index contributed by atoms with van der Waals surface area (Å²) in [6, 6.07) is 14.1. The van der Waals surface area contributed by atoms with Gasteiger partial charge in [0.2, 0.25) is 0 Å². The van der Waals surface area contributed by atoms with Crippen LogP contribution in [0.3, 0.4) is 0 Å². The van der Waals surface area contributed by atoms with E-state index in [9.17, 15) is 10.1 Å². The maximum Gasteiger partial charge on any atom is 0.433 e. The van der Waals surface area contributed by atoms with Gasteiger partial charge in [-0.1, -0.05) is 11.8 Å². The monoisotopic (exact) mass is 421 g/mol. The molecule has 0 fully saturated rings. The second-order valence-electron chi connectivity index (χ2n) is 5.93. The van der Waals surface area contributed by atoms with E-state index in [-0.39, 0.29) is 5.88 Å². The van der Waals surface area contributed by atoms with Gasteiger partial charge >= 0.3 is 5.88 Å². The largest absolute Gasteiger partial charge is 0.497 e. The van der Waals surface area contributed by atoms with Gasteiger partial charge in [-0.15, -0.1) is 10.2 Å². The van der Waals surface area contributed by atoms with Crippen LogP contribution < -0.4 is 4.74 Å². The first-order chi connectivity index (χ1) is 14.7. The number of thioether (sulfide) groups is 1. The highest BCUT2D eigenvalue weighted by molar-refractivity contribution is 8.02. The molecule has 0 unspecified atom stereocenters. The molecule has 4 aromatic rings. The van der Waals surface area contributed by atoms with E-state index in [4.69, 9.17) is 9.15 Å². The predicted molar refractivity (Wildman–Crippen MR) is 111 cm³/mol. The molecule has 150 valence electrons. The Labute approximate surface area is 175 Å². The van der Waals surface area contributed by atoms with Crippen LogP contribution in [0.4, 0.5) is 5.88 Å². The number of nitro groups is 1. The Morgan fingerprint density at radius 1 is 1.10 bits per heavy atom. The van der Waals surface area contributed by atoms with E-state index in [1.807, 2.05) is 41.0 Å². The van der Waals surface area contributed by atoms with Crippen LogP contribution >= 0.6 is 11.8 Å². The molecule has 0 amide bonds. The van der Waals surface area contributed by atoms with E-state index in [2.05, 4.69) is 15.2 Å². The molecule has 0 aliphatic carbocycles. The van der Waals surface area contributed by atoms with E-state index in [0.717, 1.165) is 17.0 Å². The van der Waals surface area contributed by atoms with Crippen LogP contribution in [0.2, 0.25) is 0 Å². The summed E-state index contributed by atoms with van der Waals surface area (Å²) in [6.07, 6.45) is 5.02. The summed E-state index contributed by atoms with van der Waals surface area (Å²) in [5.74, 6) is 1.47. The molecule has 0 aliphatic rings. The number of aromatic nitrogens is 4. The first-order valence-electron chi connectivity index (χ1n) is 8.73. The number of ether oxygens (including phenoxy) is 1. The average Bonchev–Trinajstić information content (AvgIpc) is 3.42. The second-order valence-corrected chi connectivity index (χ2v) is 6.80. The Bertz CT molecular complexity index is 1190. The van der Waals surface area contributed by atoms with Crippen molar-refractivity contribution in [1.29, 1.82) is 0 Å². The van der Waals surface area contributed by atoms with Gasteiger partial charge in [-0.3, -0.25) is 19.7 Å². The molecule has 0 spiro atoms. The van der Waals surface area contributed by atoms with E-state index in [1.165, 1.54) is 23.9 Å². The molecule has 4 rings (SSSR count). The topological polar surface area (TPSA) is 109 Å². The van der Waals surface area contributed by atoms with E-state index >= 15 is 0 Å². The summed E-state index contributed by atoms with van der Waals surface area (Å²) < 4.78 is 12.3. The molecule has 0 N–H and O–H groups in total. The van der Waals surface area contributed by atoms with Crippen molar-refractivity contribution in [1.82, 2.24) is 19.7 Å². The number of rotatable bonds is 7. The molecule has 0 atom stereocenters. The summed E-state index contributed by atoms with van der Waals surface area (Å²) in [5, 5.41) is 21.8. The second kappa shape index (κ2) is 8.62. The third kappa shape index (κ3) is 4.08. The van der Waals surface area contributed by atoms with Crippen LogP contribution in [0.5, 0.6) is 5.75 Å². The number of nitrogens with zero attached hydrogens (tertiary/aromatic N) is 5. The smallest absolute Gasteiger partial charge is 0.433 e. The molecule has 3 aromatic heterocycles. The molecule has 10 heteroatoms. The lowest BCUT2D eigenvalue weighted by Crippen LogP contribution is -1.99. The Balaban J connectivity index is 1.67. The third-order valence-electron chi connectivity index (χ3n) is 4.10. The summed E-state index contributed by atoms with van der Waals surface area (Å²) in [5.41, 5.74) is 1.72. The van der Waals surface area contributed by atoms with Gasteiger partial charge in [-0.05, 0) is 53.9 Å². The van der Waals surface area contributed by atoms with Gasteiger partial charge in [-0.2, -0.15) is 0 Å². The van der Waals surface area contributed by atoms with Gasteiger partial charge in [0.25, 0.3) is 0 Å². The molecule has 3 heterocycles. The Morgan fingerprint density at radius 3 is 2.53 bits per heavy atom. The van der Waals surface area contributed by atoms with Crippen molar-refractivity contribution in [3.8, 4) is 22.8 Å². The van der Waals surface area contributed by atoms with Crippen molar-refractivity contribution in [3.63, 3.8) is 0 Å². The normalized spacial score (nSPS) is 11.1. The quantitative estimate of drug-likeness (QED) is 0.242. The fourth-order valence-electron chi connectivity index (χ4n) is 2.69. The van der Waals surface area contributed by atoms with Crippen LogP contribution in [0, 0.1) is 10.1 Å².